The van der Waals surface area contributed by atoms with Crippen LogP contribution in [0, 0.1) is 10.8 Å². The number of thioether (sulfide) groups is 1. The quantitative estimate of drug-likeness (QED) is 0.588. The van der Waals surface area contributed by atoms with Gasteiger partial charge in [-0.05, 0) is 76.6 Å². The van der Waals surface area contributed by atoms with Crippen molar-refractivity contribution in [2.24, 2.45) is 15.8 Å². The number of anilines is 1. The summed E-state index contributed by atoms with van der Waals surface area (Å²) in [5.74, 6) is 0. The number of hydrogen-bond donors (Lipinski definition) is 1. The number of piperidine rings is 2. The molecule has 2 spiro atoms. The van der Waals surface area contributed by atoms with Crippen molar-refractivity contribution in [2.75, 3.05) is 57.3 Å². The van der Waals surface area contributed by atoms with Gasteiger partial charge in [0.2, 0.25) is 0 Å². The Morgan fingerprint density at radius 3 is 2.13 bits per heavy atom. The van der Waals surface area contributed by atoms with Crippen LogP contribution in [0.2, 0.25) is 0 Å². The molecule has 1 aliphatic carbocycles. The van der Waals surface area contributed by atoms with Gasteiger partial charge >= 0.3 is 0 Å². The third-order valence-corrected chi connectivity index (χ3v) is 11.1. The smallest absolute Gasteiger partial charge is 0.0778 e. The summed E-state index contributed by atoms with van der Waals surface area (Å²) in [5, 5.41) is 2.46. The van der Waals surface area contributed by atoms with E-state index in [4.69, 9.17) is 4.99 Å². The first-order chi connectivity index (χ1) is 18.3. The van der Waals surface area contributed by atoms with Crippen molar-refractivity contribution in [3.8, 4) is 0 Å². The van der Waals surface area contributed by atoms with Crippen molar-refractivity contribution in [2.45, 2.75) is 76.8 Å². The summed E-state index contributed by atoms with van der Waals surface area (Å²) in [6.07, 6.45) is 13.2. The van der Waals surface area contributed by atoms with Crippen LogP contribution in [0.3, 0.4) is 0 Å². The summed E-state index contributed by atoms with van der Waals surface area (Å²) in [6, 6.07) is 8.30. The Hall–Kier alpha value is -1.60. The third kappa shape index (κ3) is 5.39. The van der Waals surface area contributed by atoms with Gasteiger partial charge in [-0.15, -0.1) is 0 Å². The second-order valence-corrected chi connectivity index (χ2v) is 14.4. The van der Waals surface area contributed by atoms with E-state index in [2.05, 4.69) is 84.1 Å². The number of likely N-dealkylation sites (tertiary alicyclic amines) is 2. The maximum Gasteiger partial charge on any atom is 0.0778 e. The SMILES string of the molecule is CC(C)N1CC2(CCN(c3ccc4c(c3)SC3=CCC=CC3=N4)CC2)C1.CC(C)N1CC2(CC[NH2+]CC2)C1. The Morgan fingerprint density at radius 1 is 0.868 bits per heavy atom. The number of aliphatic imine (C=N–C) groups is 1. The minimum absolute atomic E-state index is 0.599. The van der Waals surface area contributed by atoms with E-state index in [0.717, 1.165) is 29.3 Å². The van der Waals surface area contributed by atoms with Crippen LogP contribution in [0.5, 0.6) is 0 Å². The number of rotatable bonds is 3. The Balaban J connectivity index is 0.000000184. The lowest BCUT2D eigenvalue weighted by molar-refractivity contribution is -0.669. The molecule has 6 aliphatic rings. The van der Waals surface area contributed by atoms with E-state index in [1.165, 1.54) is 93.5 Å². The third-order valence-electron chi connectivity index (χ3n) is 9.93. The van der Waals surface area contributed by atoms with E-state index < -0.39 is 0 Å². The molecule has 5 nitrogen and oxygen atoms in total. The zero-order valence-electron chi connectivity index (χ0n) is 24.1. The average Bonchev–Trinajstić information content (AvgIpc) is 2.89. The fourth-order valence-electron chi connectivity index (χ4n) is 7.17. The van der Waals surface area contributed by atoms with Gasteiger partial charge in [-0.2, -0.15) is 0 Å². The maximum atomic E-state index is 4.84. The van der Waals surface area contributed by atoms with E-state index in [0.29, 0.717) is 11.5 Å². The summed E-state index contributed by atoms with van der Waals surface area (Å²) in [6.45, 7) is 19.7. The van der Waals surface area contributed by atoms with Gasteiger partial charge in [0.05, 0.1) is 24.5 Å². The predicted octanol–water partition coefficient (Wildman–Crippen LogP) is 5.07. The number of quaternary nitrogens is 1. The monoisotopic (exact) mass is 534 g/mol. The fraction of sp³-hybridized carbons (Fsp3) is 0.656. The molecule has 0 unspecified atom stereocenters. The Kier molecular flexibility index (Phi) is 7.53. The molecule has 0 bridgehead atoms. The Labute approximate surface area is 234 Å². The van der Waals surface area contributed by atoms with E-state index in [1.54, 1.807) is 0 Å². The van der Waals surface area contributed by atoms with Crippen molar-refractivity contribution in [1.82, 2.24) is 9.80 Å². The highest BCUT2D eigenvalue weighted by atomic mass is 32.2. The van der Waals surface area contributed by atoms with Crippen LogP contribution < -0.4 is 10.2 Å². The van der Waals surface area contributed by atoms with Crippen molar-refractivity contribution in [3.05, 3.63) is 41.3 Å². The molecule has 1 aromatic rings. The second kappa shape index (κ2) is 10.8. The average molecular weight is 535 g/mol. The largest absolute Gasteiger partial charge is 0.371 e. The first-order valence-corrected chi connectivity index (χ1v) is 16.0. The molecule has 4 fully saturated rings. The maximum absolute atomic E-state index is 4.84. The normalized spacial score (nSPS) is 25.7. The highest BCUT2D eigenvalue weighted by Gasteiger charge is 2.46. The van der Waals surface area contributed by atoms with Crippen LogP contribution in [0.4, 0.5) is 11.4 Å². The molecule has 5 aliphatic heterocycles. The molecule has 4 saturated heterocycles. The number of fused-ring (bicyclic) bond motifs is 2. The predicted molar refractivity (Wildman–Crippen MR) is 162 cm³/mol. The molecule has 0 aromatic heterocycles. The lowest BCUT2D eigenvalue weighted by Crippen LogP contribution is -2.88. The molecule has 38 heavy (non-hydrogen) atoms. The second-order valence-electron chi connectivity index (χ2n) is 13.3. The molecular weight excluding hydrogens is 486 g/mol. The summed E-state index contributed by atoms with van der Waals surface area (Å²) in [7, 11) is 0. The first-order valence-electron chi connectivity index (χ1n) is 15.2. The van der Waals surface area contributed by atoms with Gasteiger partial charge in [0.1, 0.15) is 0 Å². The summed E-state index contributed by atoms with van der Waals surface area (Å²) in [5.41, 5.74) is 4.97. The van der Waals surface area contributed by atoms with Crippen molar-refractivity contribution >= 4 is 28.8 Å². The Bertz CT molecular complexity index is 1090. The number of hydrogen-bond acceptors (Lipinski definition) is 5. The molecule has 206 valence electrons. The van der Waals surface area contributed by atoms with Crippen molar-refractivity contribution in [1.29, 1.82) is 0 Å². The molecule has 0 amide bonds. The van der Waals surface area contributed by atoms with E-state index >= 15 is 0 Å². The van der Waals surface area contributed by atoms with Crippen molar-refractivity contribution in [3.63, 3.8) is 0 Å². The molecule has 0 radical (unpaired) electrons. The van der Waals surface area contributed by atoms with Crippen LogP contribution >= 0.6 is 11.8 Å². The molecule has 0 saturated carbocycles. The van der Waals surface area contributed by atoms with E-state index in [1.807, 2.05) is 11.8 Å². The van der Waals surface area contributed by atoms with Crippen LogP contribution in [0.1, 0.15) is 59.8 Å². The van der Waals surface area contributed by atoms with Crippen molar-refractivity contribution < 1.29 is 5.32 Å². The topological polar surface area (TPSA) is 38.7 Å². The molecule has 7 rings (SSSR count). The lowest BCUT2D eigenvalue weighted by atomic mass is 9.71. The summed E-state index contributed by atoms with van der Waals surface area (Å²) < 4.78 is 0. The number of nitrogens with zero attached hydrogens (tertiary/aromatic N) is 4. The van der Waals surface area contributed by atoms with Crippen LogP contribution in [0.25, 0.3) is 0 Å². The molecule has 0 atom stereocenters. The van der Waals surface area contributed by atoms with Crippen LogP contribution in [-0.2, 0) is 0 Å². The Morgan fingerprint density at radius 2 is 1.50 bits per heavy atom. The number of nitrogens with two attached hydrogens (primary N) is 1. The fourth-order valence-corrected chi connectivity index (χ4v) is 8.20. The highest BCUT2D eigenvalue weighted by molar-refractivity contribution is 8.04. The summed E-state index contributed by atoms with van der Waals surface area (Å²) >= 11 is 1.88. The van der Waals surface area contributed by atoms with Gasteiger partial charge < -0.3 is 10.2 Å². The number of allylic oxidation sites excluding steroid dienone is 4. The molecule has 2 N–H and O–H groups in total. The molecule has 5 heterocycles. The van der Waals surface area contributed by atoms with Gasteiger partial charge in [-0.25, -0.2) is 4.99 Å². The van der Waals surface area contributed by atoms with Crippen LogP contribution in [-0.4, -0.2) is 80.0 Å². The van der Waals surface area contributed by atoms with E-state index in [-0.39, 0.29) is 0 Å². The molecule has 6 heteroatoms. The molecular formula is C32H48N5S+. The van der Waals surface area contributed by atoms with Gasteiger partial charge in [0.15, 0.2) is 0 Å². The van der Waals surface area contributed by atoms with Gasteiger partial charge in [0, 0.05) is 85.1 Å². The van der Waals surface area contributed by atoms with Gasteiger partial charge in [-0.1, -0.05) is 23.9 Å². The van der Waals surface area contributed by atoms with Gasteiger partial charge in [0.25, 0.3) is 0 Å². The first kappa shape index (κ1) is 26.6. The molecule has 1 aromatic carbocycles. The van der Waals surface area contributed by atoms with Gasteiger partial charge in [-0.3, -0.25) is 9.80 Å². The zero-order chi connectivity index (χ0) is 26.3. The minimum Gasteiger partial charge on any atom is -0.371 e. The standard InChI is InChI=1S/C22H27N3S.C10H20N2/c1-16(2)25-14-22(15-25)9-11-24(12-10-22)17-7-8-19-21(13-17)26-20-6-4-3-5-18(20)23-19;1-9(2)12-7-10(8-12)3-5-11-6-4-10/h3,5-8,13,16H,4,9-12,14-15H2,1-2H3;9,11H,3-8H2,1-2H3/p+1. The lowest BCUT2D eigenvalue weighted by Gasteiger charge is -2.56. The summed E-state index contributed by atoms with van der Waals surface area (Å²) in [4.78, 5) is 15.3. The zero-order valence-corrected chi connectivity index (χ0v) is 24.9. The van der Waals surface area contributed by atoms with E-state index in [9.17, 15) is 0 Å². The minimum atomic E-state index is 0.599. The number of benzene rings is 1. The highest BCUT2D eigenvalue weighted by Crippen LogP contribution is 2.46. The van der Waals surface area contributed by atoms with Crippen LogP contribution in [0.15, 0.2) is 51.2 Å².